The van der Waals surface area contributed by atoms with Gasteiger partial charge in [-0.25, -0.2) is 0 Å². The van der Waals surface area contributed by atoms with Crippen molar-refractivity contribution in [2.45, 2.75) is 38.5 Å². The Morgan fingerprint density at radius 1 is 1.09 bits per heavy atom. The molecular formula is C6H9F3O2. The average Bonchev–Trinajstić information content (AvgIpc) is 2.08. The van der Waals surface area contributed by atoms with Gasteiger partial charge in [-0.3, -0.25) is 0 Å². The molecule has 1 saturated heterocycles. The van der Waals surface area contributed by atoms with Gasteiger partial charge in [-0.2, -0.15) is 13.2 Å². The molecule has 3 unspecified atom stereocenters. The predicted molar refractivity (Wildman–Crippen MR) is 30.9 cm³/mol. The van der Waals surface area contributed by atoms with Gasteiger partial charge in [0.2, 0.25) is 0 Å². The maximum atomic E-state index is 12.0. The highest BCUT2D eigenvalue weighted by Gasteiger charge is 2.49. The van der Waals surface area contributed by atoms with Gasteiger partial charge in [-0.15, -0.1) is 0 Å². The number of hydrogen-bond donors (Lipinski definition) is 0. The van der Waals surface area contributed by atoms with Crippen molar-refractivity contribution < 1.29 is 22.6 Å². The van der Waals surface area contributed by atoms with Gasteiger partial charge in [0.05, 0.1) is 6.10 Å². The van der Waals surface area contributed by atoms with Gasteiger partial charge in [0, 0.05) is 0 Å². The Labute approximate surface area is 62.3 Å². The third-order valence-electron chi connectivity index (χ3n) is 1.49. The zero-order chi connectivity index (χ0) is 8.65. The van der Waals surface area contributed by atoms with Crippen LogP contribution in [0.1, 0.15) is 13.8 Å². The van der Waals surface area contributed by atoms with Crippen LogP contribution in [0.15, 0.2) is 0 Å². The van der Waals surface area contributed by atoms with Gasteiger partial charge in [0.1, 0.15) is 0 Å². The second-order valence-corrected chi connectivity index (χ2v) is 2.51. The molecule has 1 aliphatic rings. The highest BCUT2D eigenvalue weighted by Crippen LogP contribution is 2.32. The Balaban J connectivity index is 2.60. The van der Waals surface area contributed by atoms with Crippen LogP contribution in [0.25, 0.3) is 0 Å². The normalized spacial score (nSPS) is 39.5. The van der Waals surface area contributed by atoms with E-state index in [4.69, 9.17) is 4.74 Å². The Hall–Kier alpha value is -0.290. The standard InChI is InChI=1S/C6H9F3O2/c1-3-5(6(7,8)9)11-4(2)10-3/h3-5H,1-2H3. The quantitative estimate of drug-likeness (QED) is 0.550. The number of halogens is 3. The maximum absolute atomic E-state index is 12.0. The van der Waals surface area contributed by atoms with Gasteiger partial charge in [-0.1, -0.05) is 0 Å². The molecule has 1 heterocycles. The summed E-state index contributed by atoms with van der Waals surface area (Å²) in [4.78, 5) is 0. The smallest absolute Gasteiger partial charge is 0.347 e. The molecule has 0 amide bonds. The minimum absolute atomic E-state index is 0.753. The lowest BCUT2D eigenvalue weighted by molar-refractivity contribution is -0.216. The fraction of sp³-hybridized carbons (Fsp3) is 1.00. The molecule has 0 aromatic heterocycles. The molecule has 0 aromatic rings. The lowest BCUT2D eigenvalue weighted by atomic mass is 10.2. The van der Waals surface area contributed by atoms with Crippen LogP contribution in [0.4, 0.5) is 13.2 Å². The molecule has 2 nitrogen and oxygen atoms in total. The van der Waals surface area contributed by atoms with Crippen LogP contribution < -0.4 is 0 Å². The maximum Gasteiger partial charge on any atom is 0.417 e. The van der Waals surface area contributed by atoms with E-state index < -0.39 is 24.7 Å². The first kappa shape index (κ1) is 8.80. The van der Waals surface area contributed by atoms with Crippen molar-refractivity contribution in [1.29, 1.82) is 0 Å². The molecule has 0 aromatic carbocycles. The predicted octanol–water partition coefficient (Wildman–Crippen LogP) is 1.70. The van der Waals surface area contributed by atoms with E-state index in [-0.39, 0.29) is 0 Å². The van der Waals surface area contributed by atoms with Gasteiger partial charge < -0.3 is 9.47 Å². The van der Waals surface area contributed by atoms with Crippen molar-refractivity contribution in [3.63, 3.8) is 0 Å². The summed E-state index contributed by atoms with van der Waals surface area (Å²) in [6, 6.07) is 0. The summed E-state index contributed by atoms with van der Waals surface area (Å²) < 4.78 is 45.2. The third kappa shape index (κ3) is 1.84. The number of alkyl halides is 3. The number of rotatable bonds is 0. The van der Waals surface area contributed by atoms with Crippen LogP contribution in [-0.2, 0) is 9.47 Å². The van der Waals surface area contributed by atoms with Gasteiger partial charge in [0.25, 0.3) is 0 Å². The highest BCUT2D eigenvalue weighted by molar-refractivity contribution is 4.79. The van der Waals surface area contributed by atoms with E-state index >= 15 is 0 Å². The summed E-state index contributed by atoms with van der Waals surface area (Å²) >= 11 is 0. The van der Waals surface area contributed by atoms with Crippen molar-refractivity contribution in [3.05, 3.63) is 0 Å². The van der Waals surface area contributed by atoms with E-state index in [1.165, 1.54) is 13.8 Å². The topological polar surface area (TPSA) is 18.5 Å². The van der Waals surface area contributed by atoms with Gasteiger partial charge >= 0.3 is 6.18 Å². The van der Waals surface area contributed by atoms with Gasteiger partial charge in [0.15, 0.2) is 12.4 Å². The summed E-state index contributed by atoms with van der Waals surface area (Å²) in [7, 11) is 0. The van der Waals surface area contributed by atoms with Crippen molar-refractivity contribution in [2.75, 3.05) is 0 Å². The molecule has 5 heteroatoms. The van der Waals surface area contributed by atoms with E-state index in [9.17, 15) is 13.2 Å². The largest absolute Gasteiger partial charge is 0.417 e. The van der Waals surface area contributed by atoms with E-state index in [1.54, 1.807) is 0 Å². The second kappa shape index (κ2) is 2.64. The average molecular weight is 170 g/mol. The first-order valence-electron chi connectivity index (χ1n) is 3.29. The summed E-state index contributed by atoms with van der Waals surface area (Å²) in [5.41, 5.74) is 0. The van der Waals surface area contributed by atoms with Crippen LogP contribution in [0, 0.1) is 0 Å². The molecule has 0 bridgehead atoms. The van der Waals surface area contributed by atoms with E-state index in [0.29, 0.717) is 0 Å². The van der Waals surface area contributed by atoms with Gasteiger partial charge in [-0.05, 0) is 13.8 Å². The van der Waals surface area contributed by atoms with Crippen LogP contribution in [-0.4, -0.2) is 24.7 Å². The molecule has 0 saturated carbocycles. The van der Waals surface area contributed by atoms with E-state index in [2.05, 4.69) is 4.74 Å². The van der Waals surface area contributed by atoms with Crippen molar-refractivity contribution >= 4 is 0 Å². The van der Waals surface area contributed by atoms with E-state index in [0.717, 1.165) is 0 Å². The molecule has 1 aliphatic heterocycles. The molecule has 66 valence electrons. The minimum Gasteiger partial charge on any atom is -0.347 e. The fourth-order valence-corrected chi connectivity index (χ4v) is 1.07. The van der Waals surface area contributed by atoms with Crippen LogP contribution in [0.3, 0.4) is 0 Å². The molecular weight excluding hydrogens is 161 g/mol. The monoisotopic (exact) mass is 170 g/mol. The Bertz CT molecular complexity index is 145. The molecule has 0 aliphatic carbocycles. The molecule has 0 N–H and O–H groups in total. The lowest BCUT2D eigenvalue weighted by Crippen LogP contribution is -2.35. The SMILES string of the molecule is CC1OC(C)C(C(F)(F)F)O1. The Kier molecular flexibility index (Phi) is 2.11. The number of hydrogen-bond acceptors (Lipinski definition) is 2. The zero-order valence-electron chi connectivity index (χ0n) is 6.18. The van der Waals surface area contributed by atoms with Crippen LogP contribution >= 0.6 is 0 Å². The first-order chi connectivity index (χ1) is 4.91. The van der Waals surface area contributed by atoms with Crippen LogP contribution in [0.5, 0.6) is 0 Å². The summed E-state index contributed by atoms with van der Waals surface area (Å²) in [5.74, 6) is 0. The molecule has 1 rings (SSSR count). The minimum atomic E-state index is -4.32. The summed E-state index contributed by atoms with van der Waals surface area (Å²) in [6.07, 6.45) is -7.73. The third-order valence-corrected chi connectivity index (χ3v) is 1.49. The number of ether oxygens (including phenoxy) is 2. The van der Waals surface area contributed by atoms with Crippen molar-refractivity contribution in [3.8, 4) is 0 Å². The molecule has 0 spiro atoms. The van der Waals surface area contributed by atoms with Crippen molar-refractivity contribution in [2.24, 2.45) is 0 Å². The molecule has 0 radical (unpaired) electrons. The highest BCUT2D eigenvalue weighted by atomic mass is 19.4. The fourth-order valence-electron chi connectivity index (χ4n) is 1.07. The van der Waals surface area contributed by atoms with Crippen molar-refractivity contribution in [1.82, 2.24) is 0 Å². The summed E-state index contributed by atoms with van der Waals surface area (Å²) in [6.45, 7) is 2.80. The molecule has 3 atom stereocenters. The Morgan fingerprint density at radius 3 is 1.82 bits per heavy atom. The summed E-state index contributed by atoms with van der Waals surface area (Å²) in [5, 5.41) is 0. The Morgan fingerprint density at radius 2 is 1.64 bits per heavy atom. The van der Waals surface area contributed by atoms with E-state index in [1.807, 2.05) is 0 Å². The van der Waals surface area contributed by atoms with Crippen LogP contribution in [0.2, 0.25) is 0 Å². The lowest BCUT2D eigenvalue weighted by Gasteiger charge is -2.15. The molecule has 11 heavy (non-hydrogen) atoms. The molecule has 1 fully saturated rings. The second-order valence-electron chi connectivity index (χ2n) is 2.51. The zero-order valence-corrected chi connectivity index (χ0v) is 6.18. The first-order valence-corrected chi connectivity index (χ1v) is 3.29.